The quantitative estimate of drug-likeness (QED) is 0.438. The molecule has 132 valence electrons. The first-order valence-electron chi connectivity index (χ1n) is 8.26. The standard InChI is InChI=1S/C19H17ClN4OS/c1-12(18-23-22-13(2)25-18)26-19-21-16-10-15(20)8-9-17(16)24(19)11-14-6-4-3-5-7-14/h3-10,12H,11H2,1-2H3/t12-/m0/s1. The van der Waals surface area contributed by atoms with Gasteiger partial charge in [0.05, 0.1) is 22.8 Å². The fourth-order valence-corrected chi connectivity index (χ4v) is 3.89. The Bertz CT molecular complexity index is 1040. The summed E-state index contributed by atoms with van der Waals surface area (Å²) in [4.78, 5) is 4.79. The lowest BCUT2D eigenvalue weighted by Crippen LogP contribution is -2.02. The van der Waals surface area contributed by atoms with Crippen molar-refractivity contribution in [1.82, 2.24) is 19.7 Å². The molecule has 0 spiro atoms. The zero-order valence-corrected chi connectivity index (χ0v) is 16.0. The van der Waals surface area contributed by atoms with Gasteiger partial charge in [0.1, 0.15) is 0 Å². The van der Waals surface area contributed by atoms with Crippen LogP contribution < -0.4 is 0 Å². The van der Waals surface area contributed by atoms with E-state index < -0.39 is 0 Å². The minimum Gasteiger partial charge on any atom is -0.424 e. The van der Waals surface area contributed by atoms with Gasteiger partial charge in [0.15, 0.2) is 5.16 Å². The molecule has 4 aromatic rings. The van der Waals surface area contributed by atoms with E-state index in [-0.39, 0.29) is 5.25 Å². The Balaban J connectivity index is 1.73. The number of imidazole rings is 1. The molecule has 2 aromatic carbocycles. The number of thioether (sulfide) groups is 1. The lowest BCUT2D eigenvalue weighted by Gasteiger charge is -2.11. The van der Waals surface area contributed by atoms with Gasteiger partial charge in [0, 0.05) is 11.9 Å². The van der Waals surface area contributed by atoms with Crippen LogP contribution in [0, 0.1) is 6.92 Å². The summed E-state index contributed by atoms with van der Waals surface area (Å²) >= 11 is 7.76. The molecule has 26 heavy (non-hydrogen) atoms. The van der Waals surface area contributed by atoms with E-state index in [1.807, 2.05) is 43.3 Å². The third kappa shape index (κ3) is 3.48. The summed E-state index contributed by atoms with van der Waals surface area (Å²) < 4.78 is 7.77. The fraction of sp³-hybridized carbons (Fsp3) is 0.211. The molecule has 2 aromatic heterocycles. The topological polar surface area (TPSA) is 56.7 Å². The van der Waals surface area contributed by atoms with Gasteiger partial charge in [0.25, 0.3) is 0 Å². The first-order chi connectivity index (χ1) is 12.6. The molecule has 1 atom stereocenters. The van der Waals surface area contributed by atoms with E-state index in [9.17, 15) is 0 Å². The highest BCUT2D eigenvalue weighted by Crippen LogP contribution is 2.36. The minimum atomic E-state index is -0.00184. The van der Waals surface area contributed by atoms with E-state index in [1.54, 1.807) is 18.7 Å². The molecule has 0 amide bonds. The summed E-state index contributed by atoms with van der Waals surface area (Å²) in [5.74, 6) is 1.17. The van der Waals surface area contributed by atoms with Crippen molar-refractivity contribution in [1.29, 1.82) is 0 Å². The number of hydrogen-bond donors (Lipinski definition) is 0. The molecular weight excluding hydrogens is 368 g/mol. The molecule has 0 saturated heterocycles. The third-order valence-electron chi connectivity index (χ3n) is 4.03. The molecule has 0 radical (unpaired) electrons. The summed E-state index contributed by atoms with van der Waals surface area (Å²) in [5.41, 5.74) is 3.14. The number of aryl methyl sites for hydroxylation is 1. The van der Waals surface area contributed by atoms with Crippen LogP contribution in [-0.2, 0) is 6.54 Å². The van der Waals surface area contributed by atoms with Crippen LogP contribution in [0.4, 0.5) is 0 Å². The van der Waals surface area contributed by atoms with Gasteiger partial charge < -0.3 is 8.98 Å². The SMILES string of the molecule is Cc1nnc([C@H](C)Sc2nc3cc(Cl)ccc3n2Cc2ccccc2)o1. The average Bonchev–Trinajstić information content (AvgIpc) is 3.20. The van der Waals surface area contributed by atoms with Crippen molar-refractivity contribution >= 4 is 34.4 Å². The minimum absolute atomic E-state index is 0.00184. The number of benzene rings is 2. The predicted octanol–water partition coefficient (Wildman–Crippen LogP) is 5.28. The van der Waals surface area contributed by atoms with E-state index in [4.69, 9.17) is 21.0 Å². The van der Waals surface area contributed by atoms with Gasteiger partial charge in [-0.3, -0.25) is 0 Å². The Hall–Kier alpha value is -2.31. The molecule has 2 heterocycles. The van der Waals surface area contributed by atoms with Gasteiger partial charge in [-0.2, -0.15) is 0 Å². The summed E-state index contributed by atoms with van der Waals surface area (Å²) in [7, 11) is 0. The van der Waals surface area contributed by atoms with Crippen LogP contribution in [0.15, 0.2) is 58.1 Å². The molecule has 0 unspecified atom stereocenters. The average molecular weight is 385 g/mol. The molecule has 5 nitrogen and oxygen atoms in total. The number of aromatic nitrogens is 4. The zero-order valence-electron chi connectivity index (χ0n) is 14.4. The summed E-state index contributed by atoms with van der Waals surface area (Å²) in [6.45, 7) is 4.56. The van der Waals surface area contributed by atoms with E-state index in [1.165, 1.54) is 5.56 Å². The van der Waals surface area contributed by atoms with Gasteiger partial charge >= 0.3 is 0 Å². The van der Waals surface area contributed by atoms with E-state index in [0.717, 1.165) is 22.7 Å². The lowest BCUT2D eigenvalue weighted by atomic mass is 10.2. The molecule has 0 aliphatic rings. The Morgan fingerprint density at radius 1 is 1.15 bits per heavy atom. The molecule has 0 N–H and O–H groups in total. The van der Waals surface area contributed by atoms with Crippen LogP contribution >= 0.6 is 23.4 Å². The molecule has 0 aliphatic carbocycles. The summed E-state index contributed by atoms with van der Waals surface area (Å²) in [6.07, 6.45) is 0. The fourth-order valence-electron chi connectivity index (χ4n) is 2.77. The van der Waals surface area contributed by atoms with Crippen molar-refractivity contribution < 1.29 is 4.42 Å². The predicted molar refractivity (Wildman–Crippen MR) is 104 cm³/mol. The monoisotopic (exact) mass is 384 g/mol. The van der Waals surface area contributed by atoms with Gasteiger partial charge in [0.2, 0.25) is 11.8 Å². The van der Waals surface area contributed by atoms with Crippen LogP contribution in [0.5, 0.6) is 0 Å². The van der Waals surface area contributed by atoms with Crippen molar-refractivity contribution in [2.24, 2.45) is 0 Å². The molecule has 0 fully saturated rings. The van der Waals surface area contributed by atoms with Gasteiger partial charge in [-0.05, 0) is 30.7 Å². The van der Waals surface area contributed by atoms with E-state index in [0.29, 0.717) is 16.8 Å². The number of hydrogen-bond acceptors (Lipinski definition) is 5. The maximum atomic E-state index is 6.16. The number of halogens is 1. The molecule has 0 saturated carbocycles. The Morgan fingerprint density at radius 3 is 2.69 bits per heavy atom. The normalized spacial score (nSPS) is 12.6. The second-order valence-corrected chi connectivity index (χ2v) is 7.76. The van der Waals surface area contributed by atoms with E-state index in [2.05, 4.69) is 26.9 Å². The maximum Gasteiger partial charge on any atom is 0.229 e. The largest absolute Gasteiger partial charge is 0.424 e. The lowest BCUT2D eigenvalue weighted by molar-refractivity contribution is 0.470. The first-order valence-corrected chi connectivity index (χ1v) is 9.52. The summed E-state index contributed by atoms with van der Waals surface area (Å²) in [5, 5.41) is 9.62. The van der Waals surface area contributed by atoms with Crippen LogP contribution in [0.25, 0.3) is 11.0 Å². The third-order valence-corrected chi connectivity index (χ3v) is 5.34. The highest BCUT2D eigenvalue weighted by molar-refractivity contribution is 7.99. The Labute approximate surface area is 160 Å². The van der Waals surface area contributed by atoms with Crippen molar-refractivity contribution in [3.05, 3.63) is 70.9 Å². The molecule has 0 aliphatic heterocycles. The molecule has 4 rings (SSSR count). The number of fused-ring (bicyclic) bond motifs is 1. The van der Waals surface area contributed by atoms with Gasteiger partial charge in [-0.15, -0.1) is 10.2 Å². The highest BCUT2D eigenvalue weighted by atomic mass is 35.5. The van der Waals surface area contributed by atoms with Gasteiger partial charge in [-0.25, -0.2) is 4.98 Å². The van der Waals surface area contributed by atoms with E-state index >= 15 is 0 Å². The van der Waals surface area contributed by atoms with Crippen LogP contribution in [-0.4, -0.2) is 19.7 Å². The smallest absolute Gasteiger partial charge is 0.229 e. The van der Waals surface area contributed by atoms with Crippen molar-refractivity contribution in [2.75, 3.05) is 0 Å². The highest BCUT2D eigenvalue weighted by Gasteiger charge is 2.19. The van der Waals surface area contributed by atoms with Crippen LogP contribution in [0.3, 0.4) is 0 Å². The zero-order chi connectivity index (χ0) is 18.1. The van der Waals surface area contributed by atoms with Gasteiger partial charge in [-0.1, -0.05) is 53.7 Å². The van der Waals surface area contributed by atoms with Crippen LogP contribution in [0.1, 0.15) is 29.5 Å². The molecule has 0 bridgehead atoms. The molecular formula is C19H17ClN4OS. The maximum absolute atomic E-state index is 6.16. The first kappa shape index (κ1) is 17.1. The molecule has 7 heteroatoms. The number of rotatable bonds is 5. The van der Waals surface area contributed by atoms with Crippen molar-refractivity contribution in [3.8, 4) is 0 Å². The second-order valence-electron chi connectivity index (χ2n) is 6.02. The Morgan fingerprint density at radius 2 is 1.96 bits per heavy atom. The Kier molecular flexibility index (Phi) is 4.70. The number of nitrogens with zero attached hydrogens (tertiary/aromatic N) is 4. The second kappa shape index (κ2) is 7.13. The van der Waals surface area contributed by atoms with Crippen molar-refractivity contribution in [2.45, 2.75) is 30.8 Å². The van der Waals surface area contributed by atoms with Crippen molar-refractivity contribution in [3.63, 3.8) is 0 Å². The summed E-state index contributed by atoms with van der Waals surface area (Å²) in [6, 6.07) is 16.1. The van der Waals surface area contributed by atoms with Crippen LogP contribution in [0.2, 0.25) is 5.02 Å².